The Bertz CT molecular complexity index is 672. The maximum Gasteiger partial charge on any atom is 0.306 e. The number of hydrogen-bond donors (Lipinski definition) is 3. The van der Waals surface area contributed by atoms with E-state index in [1.165, 1.54) is 13.2 Å². The zero-order chi connectivity index (χ0) is 14.7. The number of aromatic hydroxyl groups is 1. The average molecular weight is 276 g/mol. The van der Waals surface area contributed by atoms with Gasteiger partial charge in [0.25, 0.3) is 5.56 Å². The number of phenolic OH excluding ortho intramolecular Hbond substituents is 1. The van der Waals surface area contributed by atoms with E-state index in [1.54, 1.807) is 25.1 Å². The van der Waals surface area contributed by atoms with Crippen molar-refractivity contribution in [2.24, 2.45) is 0 Å². The molecule has 1 heterocycles. The van der Waals surface area contributed by atoms with E-state index >= 15 is 0 Å². The summed E-state index contributed by atoms with van der Waals surface area (Å²) in [6.45, 7) is 1.75. The minimum absolute atomic E-state index is 0.0295. The number of benzene rings is 1. The summed E-state index contributed by atoms with van der Waals surface area (Å²) >= 11 is 0. The quantitative estimate of drug-likeness (QED) is 0.736. The van der Waals surface area contributed by atoms with Gasteiger partial charge in [-0.2, -0.15) is 0 Å². The van der Waals surface area contributed by atoms with Crippen molar-refractivity contribution in [3.63, 3.8) is 0 Å². The van der Waals surface area contributed by atoms with Gasteiger partial charge in [0.05, 0.1) is 13.5 Å². The van der Waals surface area contributed by atoms with Crippen molar-refractivity contribution >= 4 is 5.97 Å². The van der Waals surface area contributed by atoms with Crippen LogP contribution in [0, 0.1) is 6.92 Å². The Hall–Kier alpha value is -2.50. The van der Waals surface area contributed by atoms with Gasteiger partial charge in [-0.25, -0.2) is 0 Å². The van der Waals surface area contributed by atoms with Crippen LogP contribution < -0.4 is 5.56 Å². The van der Waals surface area contributed by atoms with Crippen molar-refractivity contribution in [1.29, 1.82) is 0 Å². The summed E-state index contributed by atoms with van der Waals surface area (Å²) in [5.41, 5.74) is 1.54. The standard InChI is InChI=1S/C14H16N2O4/c1-8-13(14(19)16-15-8)11(7-12(18)20-2)9-4-3-5-10(17)6-9/h3-6,11,17H,7H2,1-2H3,(H2,15,16,19)/t11-/m0/s1. The molecule has 0 spiro atoms. The second kappa shape index (κ2) is 5.64. The summed E-state index contributed by atoms with van der Waals surface area (Å²) in [6, 6.07) is 6.51. The number of esters is 1. The molecule has 1 aromatic heterocycles. The van der Waals surface area contributed by atoms with E-state index in [0.717, 1.165) is 0 Å². The van der Waals surface area contributed by atoms with Gasteiger partial charge in [0.2, 0.25) is 0 Å². The smallest absolute Gasteiger partial charge is 0.306 e. The Morgan fingerprint density at radius 1 is 1.40 bits per heavy atom. The molecule has 6 nitrogen and oxygen atoms in total. The van der Waals surface area contributed by atoms with Crippen LogP contribution in [0.2, 0.25) is 0 Å². The molecule has 1 aromatic carbocycles. The number of carbonyl (C=O) groups excluding carboxylic acids is 1. The molecule has 0 radical (unpaired) electrons. The summed E-state index contributed by atoms with van der Waals surface area (Å²) in [5, 5.41) is 14.8. The zero-order valence-corrected chi connectivity index (χ0v) is 11.3. The van der Waals surface area contributed by atoms with E-state index in [2.05, 4.69) is 14.9 Å². The van der Waals surface area contributed by atoms with E-state index in [1.807, 2.05) is 0 Å². The first kappa shape index (κ1) is 13.9. The number of phenols is 1. The van der Waals surface area contributed by atoms with Crippen molar-refractivity contribution in [2.45, 2.75) is 19.3 Å². The summed E-state index contributed by atoms with van der Waals surface area (Å²) in [4.78, 5) is 23.5. The topological polar surface area (TPSA) is 95.2 Å². The highest BCUT2D eigenvalue weighted by Gasteiger charge is 2.24. The number of aromatic nitrogens is 2. The van der Waals surface area contributed by atoms with Crippen LogP contribution in [0.25, 0.3) is 0 Å². The molecule has 106 valence electrons. The highest BCUT2D eigenvalue weighted by Crippen LogP contribution is 2.29. The van der Waals surface area contributed by atoms with Crippen molar-refractivity contribution < 1.29 is 14.6 Å². The molecule has 0 bridgehead atoms. The predicted molar refractivity (Wildman–Crippen MR) is 72.7 cm³/mol. The van der Waals surface area contributed by atoms with Crippen LogP contribution in [-0.4, -0.2) is 28.4 Å². The first-order valence-corrected chi connectivity index (χ1v) is 6.15. The Labute approximate surface area is 115 Å². The number of aromatic amines is 2. The highest BCUT2D eigenvalue weighted by molar-refractivity contribution is 5.71. The minimum atomic E-state index is -0.468. The predicted octanol–water partition coefficient (Wildman–Crippen LogP) is 1.41. The van der Waals surface area contributed by atoms with Gasteiger partial charge in [0.15, 0.2) is 0 Å². The average Bonchev–Trinajstić information content (AvgIpc) is 2.75. The van der Waals surface area contributed by atoms with Gasteiger partial charge in [0.1, 0.15) is 5.75 Å². The molecular formula is C14H16N2O4. The van der Waals surface area contributed by atoms with Gasteiger partial charge >= 0.3 is 5.97 Å². The molecule has 0 saturated heterocycles. The number of ether oxygens (including phenoxy) is 1. The monoisotopic (exact) mass is 276 g/mol. The lowest BCUT2D eigenvalue weighted by atomic mass is 9.88. The zero-order valence-electron chi connectivity index (χ0n) is 11.3. The second-order valence-electron chi connectivity index (χ2n) is 4.55. The lowest BCUT2D eigenvalue weighted by Gasteiger charge is -2.15. The Morgan fingerprint density at radius 2 is 2.15 bits per heavy atom. The van der Waals surface area contributed by atoms with E-state index < -0.39 is 11.9 Å². The number of methoxy groups -OCH3 is 1. The molecule has 0 amide bonds. The van der Waals surface area contributed by atoms with Gasteiger partial charge in [-0.1, -0.05) is 12.1 Å². The molecule has 6 heteroatoms. The van der Waals surface area contributed by atoms with Crippen LogP contribution in [0.1, 0.15) is 29.2 Å². The van der Waals surface area contributed by atoms with E-state index in [4.69, 9.17) is 0 Å². The van der Waals surface area contributed by atoms with Crippen LogP contribution in [0.3, 0.4) is 0 Å². The molecular weight excluding hydrogens is 260 g/mol. The molecule has 0 fully saturated rings. The molecule has 0 saturated carbocycles. The van der Waals surface area contributed by atoms with Gasteiger partial charge in [-0.15, -0.1) is 0 Å². The van der Waals surface area contributed by atoms with Gasteiger partial charge in [0, 0.05) is 17.2 Å². The molecule has 0 unspecified atom stereocenters. The largest absolute Gasteiger partial charge is 0.508 e. The van der Waals surface area contributed by atoms with Crippen LogP contribution >= 0.6 is 0 Å². The molecule has 2 aromatic rings. The molecule has 3 N–H and O–H groups in total. The van der Waals surface area contributed by atoms with Crippen molar-refractivity contribution in [1.82, 2.24) is 10.2 Å². The Kier molecular flexibility index (Phi) is 3.93. The summed E-state index contributed by atoms with van der Waals surface area (Å²) < 4.78 is 4.69. The van der Waals surface area contributed by atoms with E-state index in [9.17, 15) is 14.7 Å². The van der Waals surface area contributed by atoms with Gasteiger partial charge in [-0.3, -0.25) is 14.7 Å². The lowest BCUT2D eigenvalue weighted by molar-refractivity contribution is -0.140. The Balaban J connectivity index is 2.50. The molecule has 2 rings (SSSR count). The first-order chi connectivity index (χ1) is 9.52. The number of aryl methyl sites for hydroxylation is 1. The third-order valence-electron chi connectivity index (χ3n) is 3.23. The molecule has 0 aliphatic rings. The third-order valence-corrected chi connectivity index (χ3v) is 3.23. The molecule has 0 aliphatic carbocycles. The number of carbonyl (C=O) groups is 1. The fourth-order valence-corrected chi connectivity index (χ4v) is 2.25. The molecule has 20 heavy (non-hydrogen) atoms. The Morgan fingerprint density at radius 3 is 2.70 bits per heavy atom. The van der Waals surface area contributed by atoms with Crippen molar-refractivity contribution in [3.05, 3.63) is 51.4 Å². The summed E-state index contributed by atoms with van der Waals surface area (Å²) in [7, 11) is 1.30. The fourth-order valence-electron chi connectivity index (χ4n) is 2.25. The van der Waals surface area contributed by atoms with Crippen molar-refractivity contribution in [3.8, 4) is 5.75 Å². The first-order valence-electron chi connectivity index (χ1n) is 6.15. The molecule has 0 aliphatic heterocycles. The maximum absolute atomic E-state index is 11.9. The minimum Gasteiger partial charge on any atom is -0.508 e. The summed E-state index contributed by atoms with van der Waals surface area (Å²) in [5.74, 6) is -0.801. The normalized spacial score (nSPS) is 12.1. The number of H-pyrrole nitrogens is 2. The number of rotatable bonds is 4. The van der Waals surface area contributed by atoms with Gasteiger partial charge in [-0.05, 0) is 24.6 Å². The van der Waals surface area contributed by atoms with Crippen LogP contribution in [0.5, 0.6) is 5.75 Å². The van der Waals surface area contributed by atoms with Crippen molar-refractivity contribution in [2.75, 3.05) is 7.11 Å². The lowest BCUT2D eigenvalue weighted by Crippen LogP contribution is -2.17. The van der Waals surface area contributed by atoms with Crippen LogP contribution in [0.4, 0.5) is 0 Å². The second-order valence-corrected chi connectivity index (χ2v) is 4.55. The molecule has 1 atom stereocenters. The SMILES string of the molecule is COC(=O)C[C@@H](c1cccc(O)c1)c1c(C)[nH][nH]c1=O. The maximum atomic E-state index is 11.9. The third kappa shape index (κ3) is 2.74. The van der Waals surface area contributed by atoms with E-state index in [0.29, 0.717) is 16.8 Å². The van der Waals surface area contributed by atoms with Crippen LogP contribution in [-0.2, 0) is 9.53 Å². The highest BCUT2D eigenvalue weighted by atomic mass is 16.5. The number of hydrogen-bond acceptors (Lipinski definition) is 4. The van der Waals surface area contributed by atoms with E-state index in [-0.39, 0.29) is 17.7 Å². The fraction of sp³-hybridized carbons (Fsp3) is 0.286. The van der Waals surface area contributed by atoms with Crippen LogP contribution in [0.15, 0.2) is 29.1 Å². The summed E-state index contributed by atoms with van der Waals surface area (Å²) in [6.07, 6.45) is 0.0295. The number of nitrogens with one attached hydrogen (secondary N) is 2. The van der Waals surface area contributed by atoms with Gasteiger partial charge < -0.3 is 14.9 Å².